The van der Waals surface area contributed by atoms with E-state index in [-0.39, 0.29) is 5.56 Å². The van der Waals surface area contributed by atoms with Crippen molar-refractivity contribution < 1.29 is 4.52 Å². The van der Waals surface area contributed by atoms with Crippen LogP contribution in [0.5, 0.6) is 0 Å². The van der Waals surface area contributed by atoms with Crippen molar-refractivity contribution in [2.45, 2.75) is 19.4 Å². The van der Waals surface area contributed by atoms with Crippen LogP contribution in [0.1, 0.15) is 12.0 Å². The molecule has 2 heterocycles. The number of aromatic nitrogens is 4. The van der Waals surface area contributed by atoms with Gasteiger partial charge in [-0.15, -0.1) is 0 Å². The van der Waals surface area contributed by atoms with Crippen LogP contribution in [0.15, 0.2) is 93.0 Å². The van der Waals surface area contributed by atoms with Gasteiger partial charge in [0.2, 0.25) is 5.82 Å². The number of fused-ring (bicyclic) bond motifs is 1. The van der Waals surface area contributed by atoms with E-state index >= 15 is 0 Å². The summed E-state index contributed by atoms with van der Waals surface area (Å²) >= 11 is 0. The summed E-state index contributed by atoms with van der Waals surface area (Å²) in [5.74, 6) is 0.793. The predicted octanol–water partition coefficient (Wildman–Crippen LogP) is 4.04. The van der Waals surface area contributed by atoms with E-state index in [4.69, 9.17) is 4.52 Å². The Bertz CT molecular complexity index is 1480. The topological polar surface area (TPSA) is 93.8 Å². The number of H-pyrrole nitrogens is 1. The van der Waals surface area contributed by atoms with E-state index in [1.807, 2.05) is 60.7 Å². The number of aromatic amines is 1. The average Bonchev–Trinajstić information content (AvgIpc) is 3.32. The van der Waals surface area contributed by atoms with Gasteiger partial charge >= 0.3 is 5.69 Å². The average molecular weight is 424 g/mol. The lowest BCUT2D eigenvalue weighted by molar-refractivity contribution is 0.432. The molecule has 5 rings (SSSR count). The molecule has 0 aliphatic carbocycles. The van der Waals surface area contributed by atoms with Gasteiger partial charge in [-0.1, -0.05) is 65.8 Å². The predicted molar refractivity (Wildman–Crippen MR) is 122 cm³/mol. The van der Waals surface area contributed by atoms with Crippen molar-refractivity contribution in [1.82, 2.24) is 19.7 Å². The lowest BCUT2D eigenvalue weighted by Crippen LogP contribution is -2.35. The second-order valence-corrected chi connectivity index (χ2v) is 7.53. The molecule has 0 saturated carbocycles. The number of benzene rings is 3. The van der Waals surface area contributed by atoms with Crippen LogP contribution >= 0.6 is 0 Å². The van der Waals surface area contributed by atoms with Crippen molar-refractivity contribution in [2.24, 2.45) is 0 Å². The molecule has 7 heteroatoms. The van der Waals surface area contributed by atoms with Crippen molar-refractivity contribution in [1.29, 1.82) is 0 Å². The third kappa shape index (κ3) is 3.88. The highest BCUT2D eigenvalue weighted by Gasteiger charge is 2.13. The van der Waals surface area contributed by atoms with Crippen LogP contribution in [0.3, 0.4) is 0 Å². The van der Waals surface area contributed by atoms with E-state index in [0.29, 0.717) is 41.1 Å². The molecule has 2 aromatic heterocycles. The second-order valence-electron chi connectivity index (χ2n) is 7.53. The van der Waals surface area contributed by atoms with E-state index < -0.39 is 5.69 Å². The van der Waals surface area contributed by atoms with Gasteiger partial charge < -0.3 is 9.51 Å². The summed E-state index contributed by atoms with van der Waals surface area (Å²) in [6, 6.07) is 24.6. The first-order valence-corrected chi connectivity index (χ1v) is 10.4. The first-order chi connectivity index (χ1) is 15.7. The van der Waals surface area contributed by atoms with Crippen LogP contribution in [-0.2, 0) is 13.0 Å². The second kappa shape index (κ2) is 8.47. The van der Waals surface area contributed by atoms with Crippen molar-refractivity contribution in [3.63, 3.8) is 0 Å². The number of nitrogens with one attached hydrogen (secondary N) is 1. The van der Waals surface area contributed by atoms with Gasteiger partial charge in [0.15, 0.2) is 0 Å². The molecule has 1 N–H and O–H groups in total. The van der Waals surface area contributed by atoms with Gasteiger partial charge in [-0.25, -0.2) is 4.79 Å². The van der Waals surface area contributed by atoms with Crippen LogP contribution in [0.4, 0.5) is 0 Å². The molecule has 0 spiro atoms. The Morgan fingerprint density at radius 3 is 2.41 bits per heavy atom. The maximum Gasteiger partial charge on any atom is 0.328 e. The highest BCUT2D eigenvalue weighted by molar-refractivity contribution is 5.82. The first-order valence-electron chi connectivity index (χ1n) is 10.4. The van der Waals surface area contributed by atoms with Crippen LogP contribution < -0.4 is 11.2 Å². The quantitative estimate of drug-likeness (QED) is 0.444. The van der Waals surface area contributed by atoms with E-state index in [1.54, 1.807) is 18.2 Å². The molecule has 32 heavy (non-hydrogen) atoms. The van der Waals surface area contributed by atoms with E-state index in [9.17, 15) is 9.59 Å². The molecule has 0 aliphatic rings. The van der Waals surface area contributed by atoms with Crippen LogP contribution in [0.2, 0.25) is 0 Å². The van der Waals surface area contributed by atoms with E-state index in [1.165, 1.54) is 10.1 Å². The Kier molecular flexibility index (Phi) is 5.21. The summed E-state index contributed by atoms with van der Waals surface area (Å²) in [5, 5.41) is 4.47. The number of hydrogen-bond donors (Lipinski definition) is 1. The minimum atomic E-state index is -0.428. The smallest absolute Gasteiger partial charge is 0.328 e. The maximum atomic E-state index is 12.9. The van der Waals surface area contributed by atoms with Gasteiger partial charge in [0, 0.05) is 17.7 Å². The summed E-state index contributed by atoms with van der Waals surface area (Å²) < 4.78 is 6.65. The van der Waals surface area contributed by atoms with Gasteiger partial charge in [0.05, 0.1) is 10.9 Å². The molecule has 5 aromatic rings. The third-order valence-corrected chi connectivity index (χ3v) is 5.38. The summed E-state index contributed by atoms with van der Waals surface area (Å²) in [6.07, 6.45) is 1.49. The lowest BCUT2D eigenvalue weighted by atomic mass is 10.1. The number of aryl methyl sites for hydroxylation is 1. The fraction of sp³-hybridized carbons (Fsp3) is 0.120. The van der Waals surface area contributed by atoms with Gasteiger partial charge in [-0.05, 0) is 36.6 Å². The Balaban J connectivity index is 1.42. The molecule has 0 saturated heterocycles. The normalized spacial score (nSPS) is 11.1. The zero-order valence-corrected chi connectivity index (χ0v) is 17.2. The minimum Gasteiger partial charge on any atom is -0.334 e. The van der Waals surface area contributed by atoms with Gasteiger partial charge in [-0.3, -0.25) is 9.36 Å². The standard InChI is InChI=1S/C25H20N4O3/c30-24-20-14-13-19(23-27-22(28-32-23)18-11-5-2-6-12-18)16-21(20)26-25(31)29(24)15-7-10-17-8-3-1-4-9-17/h1-6,8-9,11-14,16H,7,10,15H2,(H,26,31). The molecule has 0 atom stereocenters. The molecule has 0 bridgehead atoms. The monoisotopic (exact) mass is 424 g/mol. The van der Waals surface area contributed by atoms with Crippen molar-refractivity contribution in [2.75, 3.05) is 0 Å². The Morgan fingerprint density at radius 1 is 0.875 bits per heavy atom. The molecule has 0 radical (unpaired) electrons. The van der Waals surface area contributed by atoms with E-state index in [2.05, 4.69) is 15.1 Å². The molecule has 3 aromatic carbocycles. The lowest BCUT2D eigenvalue weighted by Gasteiger charge is -2.07. The molecule has 0 fully saturated rings. The van der Waals surface area contributed by atoms with Gasteiger partial charge in [-0.2, -0.15) is 4.98 Å². The van der Waals surface area contributed by atoms with Gasteiger partial charge in [0.1, 0.15) is 0 Å². The van der Waals surface area contributed by atoms with Crippen molar-refractivity contribution in [3.05, 3.63) is 105 Å². The number of hydrogen-bond acceptors (Lipinski definition) is 5. The summed E-state index contributed by atoms with van der Waals surface area (Å²) in [5.41, 5.74) is 2.36. The Morgan fingerprint density at radius 2 is 1.62 bits per heavy atom. The zero-order valence-electron chi connectivity index (χ0n) is 17.2. The fourth-order valence-corrected chi connectivity index (χ4v) is 3.72. The highest BCUT2D eigenvalue weighted by atomic mass is 16.5. The molecule has 158 valence electrons. The van der Waals surface area contributed by atoms with Gasteiger partial charge in [0.25, 0.3) is 11.4 Å². The highest BCUT2D eigenvalue weighted by Crippen LogP contribution is 2.23. The van der Waals surface area contributed by atoms with Crippen LogP contribution in [-0.4, -0.2) is 19.7 Å². The summed E-state index contributed by atoms with van der Waals surface area (Å²) in [7, 11) is 0. The molecule has 0 unspecified atom stereocenters. The number of rotatable bonds is 6. The molecular weight excluding hydrogens is 404 g/mol. The maximum absolute atomic E-state index is 12.9. The summed E-state index contributed by atoms with van der Waals surface area (Å²) in [4.78, 5) is 32.8. The zero-order chi connectivity index (χ0) is 21.9. The molecule has 7 nitrogen and oxygen atoms in total. The summed E-state index contributed by atoms with van der Waals surface area (Å²) in [6.45, 7) is 0.352. The Labute approximate surface area is 183 Å². The van der Waals surface area contributed by atoms with E-state index in [0.717, 1.165) is 12.0 Å². The van der Waals surface area contributed by atoms with Crippen molar-refractivity contribution >= 4 is 10.9 Å². The fourth-order valence-electron chi connectivity index (χ4n) is 3.72. The largest absolute Gasteiger partial charge is 0.334 e. The molecule has 0 aliphatic heterocycles. The van der Waals surface area contributed by atoms with Crippen LogP contribution in [0.25, 0.3) is 33.7 Å². The Hall–Kier alpha value is -4.26. The van der Waals surface area contributed by atoms with Crippen LogP contribution in [0, 0.1) is 0 Å². The minimum absolute atomic E-state index is 0.307. The number of nitrogens with zero attached hydrogens (tertiary/aromatic N) is 3. The molecular formula is C25H20N4O3. The molecule has 0 amide bonds. The first kappa shape index (κ1) is 19.7. The SMILES string of the molecule is O=c1[nH]c2cc(-c3nc(-c4ccccc4)no3)ccc2c(=O)n1CCCc1ccccc1. The third-order valence-electron chi connectivity index (χ3n) is 5.38. The van der Waals surface area contributed by atoms with Crippen molar-refractivity contribution in [3.8, 4) is 22.8 Å².